The second-order valence-corrected chi connectivity index (χ2v) is 4.34. The maximum Gasteiger partial charge on any atom is 0.387 e. The molecule has 2 N–H and O–H groups in total. The molecular formula is C14H11F4NO4. The van der Waals surface area contributed by atoms with Crippen LogP contribution < -0.4 is 10.1 Å². The number of hydrogen-bond donors (Lipinski definition) is 2. The molecule has 1 amide bonds. The number of rotatable bonds is 6. The minimum Gasteiger partial charge on any atom is -0.467 e. The topological polar surface area (TPSA) is 71.7 Å². The van der Waals surface area contributed by atoms with E-state index in [2.05, 4.69) is 10.1 Å². The zero-order valence-electron chi connectivity index (χ0n) is 11.4. The van der Waals surface area contributed by atoms with E-state index in [1.165, 1.54) is 18.4 Å². The van der Waals surface area contributed by atoms with Gasteiger partial charge in [-0.3, -0.25) is 4.79 Å². The number of benzene rings is 1. The number of carbonyl (C=O) groups excluding carboxylic acids is 1. The van der Waals surface area contributed by atoms with E-state index in [1.54, 1.807) is 0 Å². The molecule has 1 unspecified atom stereocenters. The molecule has 0 radical (unpaired) electrons. The Kier molecular flexibility index (Phi) is 5.22. The molecule has 0 aliphatic heterocycles. The second kappa shape index (κ2) is 7.14. The predicted molar refractivity (Wildman–Crippen MR) is 69.0 cm³/mol. The zero-order chi connectivity index (χ0) is 17.0. The van der Waals surface area contributed by atoms with Crippen LogP contribution in [-0.2, 0) is 0 Å². The fourth-order valence-corrected chi connectivity index (χ4v) is 1.86. The van der Waals surface area contributed by atoms with Gasteiger partial charge in [0, 0.05) is 0 Å². The van der Waals surface area contributed by atoms with Crippen molar-refractivity contribution in [3.63, 3.8) is 0 Å². The number of ether oxygens (including phenoxy) is 1. The molecule has 1 aromatic heterocycles. The maximum atomic E-state index is 14.0. The van der Waals surface area contributed by atoms with Crippen molar-refractivity contribution >= 4 is 5.91 Å². The Morgan fingerprint density at radius 1 is 1.30 bits per heavy atom. The molecule has 23 heavy (non-hydrogen) atoms. The van der Waals surface area contributed by atoms with Gasteiger partial charge in [0.05, 0.1) is 12.9 Å². The quantitative estimate of drug-likeness (QED) is 0.797. The summed E-state index contributed by atoms with van der Waals surface area (Å²) in [5, 5.41) is 11.4. The van der Waals surface area contributed by atoms with Gasteiger partial charge in [-0.05, 0) is 24.3 Å². The number of furan rings is 1. The van der Waals surface area contributed by atoms with E-state index < -0.39 is 48.1 Å². The van der Waals surface area contributed by atoms with E-state index in [4.69, 9.17) is 4.42 Å². The van der Waals surface area contributed by atoms with Crippen molar-refractivity contribution in [1.82, 2.24) is 5.32 Å². The third-order valence-electron chi connectivity index (χ3n) is 2.87. The summed E-state index contributed by atoms with van der Waals surface area (Å²) in [7, 11) is 0. The normalized spacial score (nSPS) is 12.3. The van der Waals surface area contributed by atoms with Crippen molar-refractivity contribution in [2.24, 2.45) is 0 Å². The second-order valence-electron chi connectivity index (χ2n) is 4.34. The number of carbonyl (C=O) groups is 1. The molecule has 9 heteroatoms. The number of amides is 1. The van der Waals surface area contributed by atoms with Gasteiger partial charge < -0.3 is 19.6 Å². The molecule has 0 saturated heterocycles. The van der Waals surface area contributed by atoms with Gasteiger partial charge in [0.15, 0.2) is 11.6 Å². The monoisotopic (exact) mass is 333 g/mol. The molecule has 5 nitrogen and oxygen atoms in total. The smallest absolute Gasteiger partial charge is 0.387 e. The van der Waals surface area contributed by atoms with Gasteiger partial charge in [0.2, 0.25) is 0 Å². The summed E-state index contributed by atoms with van der Waals surface area (Å²) in [6, 6.07) is 3.13. The number of halogens is 4. The highest BCUT2D eigenvalue weighted by Gasteiger charge is 2.25. The summed E-state index contributed by atoms with van der Waals surface area (Å²) in [6.45, 7) is -3.94. The van der Waals surface area contributed by atoms with E-state index in [0.717, 1.165) is 0 Å². The van der Waals surface area contributed by atoms with E-state index in [9.17, 15) is 27.5 Å². The first-order chi connectivity index (χ1) is 10.9. The third kappa shape index (κ3) is 3.81. The highest BCUT2D eigenvalue weighted by molar-refractivity contribution is 5.95. The van der Waals surface area contributed by atoms with Gasteiger partial charge >= 0.3 is 6.61 Å². The first-order valence-electron chi connectivity index (χ1n) is 6.32. The van der Waals surface area contributed by atoms with Crippen LogP contribution in [0, 0.1) is 11.6 Å². The molecular weight excluding hydrogens is 322 g/mol. The maximum absolute atomic E-state index is 14.0. The van der Waals surface area contributed by atoms with Crippen molar-refractivity contribution in [3.05, 3.63) is 53.5 Å². The Labute approximate surface area is 127 Å². The van der Waals surface area contributed by atoms with Gasteiger partial charge in [0.25, 0.3) is 5.91 Å². The van der Waals surface area contributed by atoms with Gasteiger partial charge in [-0.1, -0.05) is 0 Å². The fraction of sp³-hybridized carbons (Fsp3) is 0.214. The Morgan fingerprint density at radius 2 is 2.04 bits per heavy atom. The minimum atomic E-state index is -3.33. The Hall–Kier alpha value is -2.55. The number of nitrogens with one attached hydrogen (secondary N) is 1. The number of aliphatic hydroxyl groups is 1. The average molecular weight is 333 g/mol. The van der Waals surface area contributed by atoms with Crippen LogP contribution in [0.1, 0.15) is 22.2 Å². The standard InChI is InChI=1S/C14H11F4NO4/c15-7-3-4-10(23-14(17)18)12(16)11(7)13(21)19-8(6-20)9-2-1-5-22-9/h1-5,8,14,20H,6H2,(H,19,21). The van der Waals surface area contributed by atoms with E-state index in [1.807, 2.05) is 0 Å². The zero-order valence-corrected chi connectivity index (χ0v) is 11.4. The molecule has 1 atom stereocenters. The summed E-state index contributed by atoms with van der Waals surface area (Å²) in [5.74, 6) is -4.90. The number of hydrogen-bond acceptors (Lipinski definition) is 4. The summed E-state index contributed by atoms with van der Waals surface area (Å²) in [5.41, 5.74) is -1.10. The van der Waals surface area contributed by atoms with Gasteiger partial charge in [-0.2, -0.15) is 8.78 Å². The van der Waals surface area contributed by atoms with Crippen LogP contribution in [0.2, 0.25) is 0 Å². The van der Waals surface area contributed by atoms with Crippen molar-refractivity contribution in [3.8, 4) is 5.75 Å². The van der Waals surface area contributed by atoms with Crippen LogP contribution in [0.5, 0.6) is 5.75 Å². The first-order valence-corrected chi connectivity index (χ1v) is 6.32. The molecule has 0 aliphatic rings. The van der Waals surface area contributed by atoms with E-state index >= 15 is 0 Å². The van der Waals surface area contributed by atoms with Crippen LogP contribution in [0.4, 0.5) is 17.6 Å². The van der Waals surface area contributed by atoms with Crippen molar-refractivity contribution in [1.29, 1.82) is 0 Å². The van der Waals surface area contributed by atoms with Crippen LogP contribution in [0.15, 0.2) is 34.9 Å². The molecule has 124 valence electrons. The van der Waals surface area contributed by atoms with Gasteiger partial charge in [-0.15, -0.1) is 0 Å². The molecule has 0 saturated carbocycles. The van der Waals surface area contributed by atoms with Crippen molar-refractivity contribution in [2.75, 3.05) is 6.61 Å². The third-order valence-corrected chi connectivity index (χ3v) is 2.87. The lowest BCUT2D eigenvalue weighted by atomic mass is 10.1. The van der Waals surface area contributed by atoms with Gasteiger partial charge in [-0.25, -0.2) is 8.78 Å². The fourth-order valence-electron chi connectivity index (χ4n) is 1.86. The van der Waals surface area contributed by atoms with Crippen LogP contribution >= 0.6 is 0 Å². The van der Waals surface area contributed by atoms with Crippen molar-refractivity contribution in [2.45, 2.75) is 12.7 Å². The van der Waals surface area contributed by atoms with E-state index in [-0.39, 0.29) is 5.76 Å². The lowest BCUT2D eigenvalue weighted by molar-refractivity contribution is -0.0523. The predicted octanol–water partition coefficient (Wildman–Crippen LogP) is 2.62. The van der Waals surface area contributed by atoms with Crippen LogP contribution in [0.3, 0.4) is 0 Å². The first kappa shape index (κ1) is 16.8. The number of aliphatic hydroxyl groups excluding tert-OH is 1. The molecule has 0 spiro atoms. The highest BCUT2D eigenvalue weighted by atomic mass is 19.3. The van der Waals surface area contributed by atoms with Crippen LogP contribution in [0.25, 0.3) is 0 Å². The molecule has 1 heterocycles. The number of alkyl halides is 2. The summed E-state index contributed by atoms with van der Waals surface area (Å²) in [6.07, 6.45) is 1.28. The van der Waals surface area contributed by atoms with Crippen molar-refractivity contribution < 1.29 is 36.6 Å². The minimum absolute atomic E-state index is 0.154. The Balaban J connectivity index is 2.28. The summed E-state index contributed by atoms with van der Waals surface area (Å²) >= 11 is 0. The largest absolute Gasteiger partial charge is 0.467 e. The summed E-state index contributed by atoms with van der Waals surface area (Å²) in [4.78, 5) is 12.0. The lowest BCUT2D eigenvalue weighted by Crippen LogP contribution is -2.32. The molecule has 0 fully saturated rings. The molecule has 2 rings (SSSR count). The highest BCUT2D eigenvalue weighted by Crippen LogP contribution is 2.25. The molecule has 0 bridgehead atoms. The molecule has 2 aromatic rings. The average Bonchev–Trinajstić information content (AvgIpc) is 3.01. The van der Waals surface area contributed by atoms with E-state index in [0.29, 0.717) is 12.1 Å². The lowest BCUT2D eigenvalue weighted by Gasteiger charge is -2.15. The van der Waals surface area contributed by atoms with Gasteiger partial charge in [0.1, 0.15) is 23.2 Å². The Morgan fingerprint density at radius 3 is 2.61 bits per heavy atom. The summed E-state index contributed by atoms with van der Waals surface area (Å²) < 4.78 is 60.8. The van der Waals surface area contributed by atoms with Crippen LogP contribution in [-0.4, -0.2) is 24.2 Å². The Bertz CT molecular complexity index is 676. The molecule has 0 aliphatic carbocycles. The molecule has 1 aromatic carbocycles. The SMILES string of the molecule is O=C(NC(CO)c1ccco1)c1c(F)ccc(OC(F)F)c1F.